The number of anilines is 1. The molecule has 124 valence electrons. The van der Waals surface area contributed by atoms with Gasteiger partial charge in [-0.15, -0.1) is 0 Å². The summed E-state index contributed by atoms with van der Waals surface area (Å²) < 4.78 is 2.46. The summed E-state index contributed by atoms with van der Waals surface area (Å²) >= 11 is 0. The number of rotatable bonds is 4. The van der Waals surface area contributed by atoms with Crippen molar-refractivity contribution in [3.05, 3.63) is 48.2 Å². The number of fused-ring (bicyclic) bond motifs is 1. The first-order valence-electron chi connectivity index (χ1n) is 8.96. The molecule has 2 heterocycles. The van der Waals surface area contributed by atoms with E-state index in [9.17, 15) is 0 Å². The van der Waals surface area contributed by atoms with Gasteiger partial charge in [0.05, 0.1) is 5.69 Å². The van der Waals surface area contributed by atoms with Gasteiger partial charge in [0.2, 0.25) is 0 Å². The van der Waals surface area contributed by atoms with Gasteiger partial charge < -0.3 is 9.88 Å². The number of aryl methyl sites for hydroxylation is 1. The number of hydrogen-bond donors (Lipinski definition) is 1. The molecule has 1 saturated carbocycles. The van der Waals surface area contributed by atoms with Crippen LogP contribution in [0.3, 0.4) is 0 Å². The minimum atomic E-state index is 0.449. The standard InChI is InChI=1S/C21H25N3/c1-14(2)23-18-9-7-16(8-10-18)20-12-17-11-15(3)13-22-21(17)24(20)19-5-4-6-19/h7-14,19,23H,4-6H2,1-3H3. The molecule has 3 heteroatoms. The van der Waals surface area contributed by atoms with Crippen molar-refractivity contribution in [1.82, 2.24) is 9.55 Å². The molecule has 0 unspecified atom stereocenters. The lowest BCUT2D eigenvalue weighted by Gasteiger charge is -2.29. The van der Waals surface area contributed by atoms with E-state index in [1.165, 1.54) is 47.2 Å². The molecule has 4 rings (SSSR count). The maximum Gasteiger partial charge on any atom is 0.140 e. The van der Waals surface area contributed by atoms with E-state index in [1.54, 1.807) is 0 Å². The Hall–Kier alpha value is -2.29. The smallest absolute Gasteiger partial charge is 0.140 e. The average Bonchev–Trinajstić information content (AvgIpc) is 2.84. The van der Waals surface area contributed by atoms with Gasteiger partial charge in [-0.2, -0.15) is 0 Å². The molecule has 0 aliphatic heterocycles. The van der Waals surface area contributed by atoms with Crippen LogP contribution >= 0.6 is 0 Å². The van der Waals surface area contributed by atoms with E-state index in [4.69, 9.17) is 4.98 Å². The molecule has 1 fully saturated rings. The number of hydrogen-bond acceptors (Lipinski definition) is 2. The van der Waals surface area contributed by atoms with Crippen LogP contribution < -0.4 is 5.32 Å². The van der Waals surface area contributed by atoms with Gasteiger partial charge in [-0.3, -0.25) is 0 Å². The van der Waals surface area contributed by atoms with E-state index in [1.807, 2.05) is 6.20 Å². The summed E-state index contributed by atoms with van der Waals surface area (Å²) in [6.45, 7) is 6.44. The second-order valence-corrected chi connectivity index (χ2v) is 7.29. The number of pyridine rings is 1. The largest absolute Gasteiger partial charge is 0.383 e. The third kappa shape index (κ3) is 2.68. The van der Waals surface area contributed by atoms with E-state index in [2.05, 4.69) is 67.1 Å². The first-order chi connectivity index (χ1) is 11.6. The van der Waals surface area contributed by atoms with Gasteiger partial charge in [0.15, 0.2) is 0 Å². The van der Waals surface area contributed by atoms with Gasteiger partial charge in [-0.05, 0) is 75.4 Å². The van der Waals surface area contributed by atoms with Crippen LogP contribution in [0.5, 0.6) is 0 Å². The predicted molar refractivity (Wildman–Crippen MR) is 102 cm³/mol. The SMILES string of the molecule is Cc1cnc2c(c1)cc(-c1ccc(NC(C)C)cc1)n2C1CCC1. The Morgan fingerprint density at radius 2 is 1.88 bits per heavy atom. The second-order valence-electron chi connectivity index (χ2n) is 7.29. The molecule has 1 aliphatic rings. The average molecular weight is 319 g/mol. The first kappa shape index (κ1) is 15.3. The molecule has 24 heavy (non-hydrogen) atoms. The maximum absolute atomic E-state index is 4.74. The van der Waals surface area contributed by atoms with Crippen molar-refractivity contribution in [1.29, 1.82) is 0 Å². The van der Waals surface area contributed by atoms with Gasteiger partial charge in [-0.1, -0.05) is 12.1 Å². The molecule has 0 spiro atoms. The molecule has 3 aromatic rings. The molecule has 2 aromatic heterocycles. The lowest BCUT2D eigenvalue weighted by atomic mass is 9.92. The lowest BCUT2D eigenvalue weighted by molar-refractivity contribution is 0.323. The molecule has 0 atom stereocenters. The molecular weight excluding hydrogens is 294 g/mol. The fourth-order valence-corrected chi connectivity index (χ4v) is 3.53. The van der Waals surface area contributed by atoms with Crippen LogP contribution in [-0.2, 0) is 0 Å². The quantitative estimate of drug-likeness (QED) is 0.682. The summed E-state index contributed by atoms with van der Waals surface area (Å²) in [5.74, 6) is 0. The number of aromatic nitrogens is 2. The summed E-state index contributed by atoms with van der Waals surface area (Å²) in [5, 5.41) is 4.71. The van der Waals surface area contributed by atoms with Crippen molar-refractivity contribution in [3.8, 4) is 11.3 Å². The number of benzene rings is 1. The van der Waals surface area contributed by atoms with Crippen molar-refractivity contribution in [3.63, 3.8) is 0 Å². The number of nitrogens with one attached hydrogen (secondary N) is 1. The highest BCUT2D eigenvalue weighted by atomic mass is 15.1. The van der Waals surface area contributed by atoms with E-state index in [0.717, 1.165) is 5.65 Å². The van der Waals surface area contributed by atoms with Crippen LogP contribution in [0.25, 0.3) is 22.3 Å². The van der Waals surface area contributed by atoms with Crippen LogP contribution in [0.15, 0.2) is 42.6 Å². The molecule has 1 aliphatic carbocycles. The van der Waals surface area contributed by atoms with Gasteiger partial charge in [0.25, 0.3) is 0 Å². The zero-order chi connectivity index (χ0) is 16.7. The molecule has 0 bridgehead atoms. The van der Waals surface area contributed by atoms with Crippen molar-refractivity contribution < 1.29 is 0 Å². The minimum absolute atomic E-state index is 0.449. The molecule has 1 N–H and O–H groups in total. The van der Waals surface area contributed by atoms with E-state index in [-0.39, 0.29) is 0 Å². The van der Waals surface area contributed by atoms with Crippen molar-refractivity contribution in [2.45, 2.75) is 52.1 Å². The zero-order valence-electron chi connectivity index (χ0n) is 14.7. The summed E-state index contributed by atoms with van der Waals surface area (Å²) in [6, 6.07) is 14.4. The van der Waals surface area contributed by atoms with Gasteiger partial charge >= 0.3 is 0 Å². The monoisotopic (exact) mass is 319 g/mol. The summed E-state index contributed by atoms with van der Waals surface area (Å²) in [6.07, 6.45) is 5.84. The van der Waals surface area contributed by atoms with Gasteiger partial charge in [0, 0.05) is 29.4 Å². The van der Waals surface area contributed by atoms with Gasteiger partial charge in [0.1, 0.15) is 5.65 Å². The molecule has 3 nitrogen and oxygen atoms in total. The fourth-order valence-electron chi connectivity index (χ4n) is 3.53. The molecule has 0 amide bonds. The second kappa shape index (κ2) is 5.97. The lowest BCUT2D eigenvalue weighted by Crippen LogP contribution is -2.18. The highest BCUT2D eigenvalue weighted by molar-refractivity contribution is 5.85. The van der Waals surface area contributed by atoms with Crippen molar-refractivity contribution in [2.75, 3.05) is 5.32 Å². The van der Waals surface area contributed by atoms with Crippen molar-refractivity contribution in [2.24, 2.45) is 0 Å². The third-order valence-corrected chi connectivity index (χ3v) is 4.89. The van der Waals surface area contributed by atoms with Crippen LogP contribution in [0, 0.1) is 6.92 Å². The topological polar surface area (TPSA) is 29.9 Å². The number of nitrogens with zero attached hydrogens (tertiary/aromatic N) is 2. The summed E-state index contributed by atoms with van der Waals surface area (Å²) in [4.78, 5) is 4.74. The highest BCUT2D eigenvalue weighted by Gasteiger charge is 2.24. The zero-order valence-corrected chi connectivity index (χ0v) is 14.7. The Bertz CT molecular complexity index is 855. The Labute approximate surface area is 143 Å². The highest BCUT2D eigenvalue weighted by Crippen LogP contribution is 2.39. The van der Waals surface area contributed by atoms with E-state index < -0.39 is 0 Å². The van der Waals surface area contributed by atoms with Gasteiger partial charge in [-0.25, -0.2) is 4.98 Å². The Morgan fingerprint density at radius 1 is 1.12 bits per heavy atom. The summed E-state index contributed by atoms with van der Waals surface area (Å²) in [7, 11) is 0. The summed E-state index contributed by atoms with van der Waals surface area (Å²) in [5.41, 5.74) is 6.09. The maximum atomic E-state index is 4.74. The van der Waals surface area contributed by atoms with Crippen LogP contribution in [0.4, 0.5) is 5.69 Å². The third-order valence-electron chi connectivity index (χ3n) is 4.89. The Balaban J connectivity index is 1.80. The van der Waals surface area contributed by atoms with Crippen LogP contribution in [-0.4, -0.2) is 15.6 Å². The van der Waals surface area contributed by atoms with E-state index in [0.29, 0.717) is 12.1 Å². The molecule has 0 radical (unpaired) electrons. The molecule has 0 saturated heterocycles. The van der Waals surface area contributed by atoms with Crippen LogP contribution in [0.2, 0.25) is 0 Å². The normalized spacial score (nSPS) is 15.0. The molecule has 1 aromatic carbocycles. The predicted octanol–water partition coefficient (Wildman–Crippen LogP) is 5.56. The molecular formula is C21H25N3. The fraction of sp³-hybridized carbons (Fsp3) is 0.381. The van der Waals surface area contributed by atoms with E-state index >= 15 is 0 Å². The Morgan fingerprint density at radius 3 is 2.50 bits per heavy atom. The van der Waals surface area contributed by atoms with Crippen LogP contribution in [0.1, 0.15) is 44.7 Å². The first-order valence-corrected chi connectivity index (χ1v) is 8.96. The Kier molecular flexibility index (Phi) is 3.79. The van der Waals surface area contributed by atoms with Crippen molar-refractivity contribution >= 4 is 16.7 Å². The minimum Gasteiger partial charge on any atom is -0.383 e.